The van der Waals surface area contributed by atoms with E-state index in [-0.39, 0.29) is 23.8 Å². The van der Waals surface area contributed by atoms with Crippen molar-refractivity contribution in [3.05, 3.63) is 18.2 Å². The van der Waals surface area contributed by atoms with Crippen LogP contribution >= 0.6 is 0 Å². The van der Waals surface area contributed by atoms with Crippen molar-refractivity contribution in [1.82, 2.24) is 15.0 Å². The van der Waals surface area contributed by atoms with Gasteiger partial charge in [-0.2, -0.15) is 0 Å². The van der Waals surface area contributed by atoms with Gasteiger partial charge in [0, 0.05) is 32.2 Å². The van der Waals surface area contributed by atoms with Crippen LogP contribution in [-0.2, 0) is 14.4 Å². The summed E-state index contributed by atoms with van der Waals surface area (Å²) in [5, 5.41) is 1.51. The molecule has 1 aromatic rings. The predicted octanol–water partition coefficient (Wildman–Crippen LogP) is 1.01. The quantitative estimate of drug-likeness (QED) is 0.803. The number of halogens is 1. The van der Waals surface area contributed by atoms with Gasteiger partial charge in [0.05, 0.1) is 31.0 Å². The van der Waals surface area contributed by atoms with Gasteiger partial charge in [0.2, 0.25) is 5.95 Å². The molecule has 0 N–H and O–H groups in total. The van der Waals surface area contributed by atoms with Crippen LogP contribution in [0.5, 0.6) is 0 Å². The number of amides is 1. The standard InChI is InChI=1S/C16H21FN4O3/c17-11-7-18-16(19-8-11)20-9-13(12-3-6-23-14(12)10-20)15(22)21-4-1-2-5-24-21/h7-8,12-14H,1-6,9-10H2/t12-,13-,14+/m0/s1. The zero-order valence-electron chi connectivity index (χ0n) is 13.4. The molecule has 3 aliphatic rings. The normalized spacial score (nSPS) is 30.3. The van der Waals surface area contributed by atoms with Crippen molar-refractivity contribution in [3.8, 4) is 0 Å². The summed E-state index contributed by atoms with van der Waals surface area (Å²) in [5.74, 6) is -0.0393. The summed E-state index contributed by atoms with van der Waals surface area (Å²) < 4.78 is 18.9. The second-order valence-electron chi connectivity index (χ2n) is 6.56. The van der Waals surface area contributed by atoms with Crippen molar-refractivity contribution in [3.63, 3.8) is 0 Å². The van der Waals surface area contributed by atoms with Crippen molar-refractivity contribution in [2.45, 2.75) is 25.4 Å². The maximum Gasteiger partial charge on any atom is 0.251 e. The number of hydroxylamine groups is 2. The second-order valence-corrected chi connectivity index (χ2v) is 6.56. The van der Waals surface area contributed by atoms with Crippen LogP contribution in [0, 0.1) is 17.7 Å². The van der Waals surface area contributed by atoms with E-state index in [1.165, 1.54) is 5.06 Å². The first-order valence-corrected chi connectivity index (χ1v) is 8.51. The van der Waals surface area contributed by atoms with Crippen LogP contribution in [-0.4, -0.2) is 59.9 Å². The topological polar surface area (TPSA) is 67.8 Å². The third-order valence-electron chi connectivity index (χ3n) is 5.05. The van der Waals surface area contributed by atoms with Gasteiger partial charge in [0.25, 0.3) is 5.91 Å². The molecule has 0 radical (unpaired) electrons. The van der Waals surface area contributed by atoms with E-state index in [4.69, 9.17) is 9.57 Å². The minimum Gasteiger partial charge on any atom is -0.376 e. The minimum atomic E-state index is -0.472. The Labute approximate surface area is 139 Å². The number of hydrogen-bond donors (Lipinski definition) is 0. The molecule has 0 spiro atoms. The molecule has 1 amide bonds. The summed E-state index contributed by atoms with van der Waals surface area (Å²) in [6.45, 7) is 3.03. The monoisotopic (exact) mass is 336 g/mol. The SMILES string of the molecule is O=C([C@H]1CN(c2ncc(F)cn2)C[C@H]2OCC[C@@H]12)N1CCCCO1. The zero-order valence-corrected chi connectivity index (χ0v) is 13.4. The highest BCUT2D eigenvalue weighted by molar-refractivity contribution is 5.79. The van der Waals surface area contributed by atoms with Crippen molar-refractivity contribution >= 4 is 11.9 Å². The van der Waals surface area contributed by atoms with Gasteiger partial charge in [-0.25, -0.2) is 19.4 Å². The number of ether oxygens (including phenoxy) is 1. The van der Waals surface area contributed by atoms with Crippen LogP contribution in [0.2, 0.25) is 0 Å². The molecule has 3 aliphatic heterocycles. The van der Waals surface area contributed by atoms with Gasteiger partial charge in [0.1, 0.15) is 0 Å². The van der Waals surface area contributed by atoms with E-state index in [9.17, 15) is 9.18 Å². The van der Waals surface area contributed by atoms with E-state index in [1.54, 1.807) is 0 Å². The smallest absolute Gasteiger partial charge is 0.251 e. The van der Waals surface area contributed by atoms with Crippen LogP contribution in [0.3, 0.4) is 0 Å². The maximum absolute atomic E-state index is 13.1. The molecular weight excluding hydrogens is 315 g/mol. The molecule has 4 heterocycles. The van der Waals surface area contributed by atoms with Gasteiger partial charge < -0.3 is 9.64 Å². The lowest BCUT2D eigenvalue weighted by atomic mass is 9.82. The van der Waals surface area contributed by atoms with Crippen LogP contribution in [0.15, 0.2) is 12.4 Å². The number of nitrogens with zero attached hydrogens (tertiary/aromatic N) is 4. The molecule has 8 heteroatoms. The molecule has 4 rings (SSSR count). The molecule has 0 aromatic carbocycles. The molecule has 1 aromatic heterocycles. The summed E-state index contributed by atoms with van der Waals surface area (Å²) in [4.78, 5) is 28.5. The molecule has 0 saturated carbocycles. The van der Waals surface area contributed by atoms with E-state index in [2.05, 4.69) is 9.97 Å². The summed E-state index contributed by atoms with van der Waals surface area (Å²) in [7, 11) is 0. The number of anilines is 1. The Balaban J connectivity index is 1.54. The van der Waals surface area contributed by atoms with Crippen molar-refractivity contribution < 1.29 is 18.8 Å². The van der Waals surface area contributed by atoms with E-state index in [0.29, 0.717) is 38.8 Å². The lowest BCUT2D eigenvalue weighted by molar-refractivity contribution is -0.203. The third kappa shape index (κ3) is 2.95. The Morgan fingerprint density at radius 1 is 1.21 bits per heavy atom. The molecule has 3 fully saturated rings. The average molecular weight is 336 g/mol. The zero-order chi connectivity index (χ0) is 16.5. The van der Waals surface area contributed by atoms with Crippen LogP contribution in [0.1, 0.15) is 19.3 Å². The van der Waals surface area contributed by atoms with Gasteiger partial charge >= 0.3 is 0 Å². The number of rotatable bonds is 2. The number of hydrogen-bond acceptors (Lipinski definition) is 6. The van der Waals surface area contributed by atoms with Crippen LogP contribution in [0.25, 0.3) is 0 Å². The largest absolute Gasteiger partial charge is 0.376 e. The molecule has 24 heavy (non-hydrogen) atoms. The molecule has 3 atom stereocenters. The van der Waals surface area contributed by atoms with Gasteiger partial charge in [0.15, 0.2) is 5.82 Å². The second kappa shape index (κ2) is 6.60. The number of piperidine rings is 1. The molecule has 0 unspecified atom stereocenters. The number of aromatic nitrogens is 2. The highest BCUT2D eigenvalue weighted by Gasteiger charge is 2.46. The Bertz CT molecular complexity index is 593. The fourth-order valence-corrected chi connectivity index (χ4v) is 3.83. The summed E-state index contributed by atoms with van der Waals surface area (Å²) in [6.07, 6.45) is 5.11. The average Bonchev–Trinajstić information content (AvgIpc) is 3.10. The van der Waals surface area contributed by atoms with Crippen molar-refractivity contribution in [1.29, 1.82) is 0 Å². The van der Waals surface area contributed by atoms with Crippen LogP contribution in [0.4, 0.5) is 10.3 Å². The van der Waals surface area contributed by atoms with Crippen molar-refractivity contribution in [2.75, 3.05) is 37.7 Å². The fourth-order valence-electron chi connectivity index (χ4n) is 3.83. The van der Waals surface area contributed by atoms with Crippen molar-refractivity contribution in [2.24, 2.45) is 11.8 Å². The minimum absolute atomic E-state index is 0.0158. The molecule has 0 bridgehead atoms. The lowest BCUT2D eigenvalue weighted by Gasteiger charge is -2.41. The lowest BCUT2D eigenvalue weighted by Crippen LogP contribution is -2.54. The molecule has 3 saturated heterocycles. The van der Waals surface area contributed by atoms with E-state index < -0.39 is 5.82 Å². The number of fused-ring (bicyclic) bond motifs is 1. The van der Waals surface area contributed by atoms with E-state index >= 15 is 0 Å². The summed E-state index contributed by atoms with van der Waals surface area (Å²) >= 11 is 0. The number of carbonyl (C=O) groups is 1. The highest BCUT2D eigenvalue weighted by Crippen LogP contribution is 2.36. The predicted molar refractivity (Wildman–Crippen MR) is 82.4 cm³/mol. The Kier molecular flexibility index (Phi) is 4.32. The van der Waals surface area contributed by atoms with Gasteiger partial charge in [-0.1, -0.05) is 0 Å². The molecule has 130 valence electrons. The first-order chi connectivity index (χ1) is 11.7. The van der Waals surface area contributed by atoms with Gasteiger partial charge in [-0.05, 0) is 19.3 Å². The highest BCUT2D eigenvalue weighted by atomic mass is 19.1. The fraction of sp³-hybridized carbons (Fsp3) is 0.688. The summed E-state index contributed by atoms with van der Waals surface area (Å²) in [6, 6.07) is 0. The summed E-state index contributed by atoms with van der Waals surface area (Å²) in [5.41, 5.74) is 0. The first kappa shape index (κ1) is 15.7. The Hall–Kier alpha value is -1.80. The van der Waals surface area contributed by atoms with E-state index in [0.717, 1.165) is 31.7 Å². The van der Waals surface area contributed by atoms with Crippen LogP contribution < -0.4 is 4.90 Å². The Morgan fingerprint density at radius 2 is 2.04 bits per heavy atom. The van der Waals surface area contributed by atoms with E-state index in [1.807, 2.05) is 4.90 Å². The van der Waals surface area contributed by atoms with Gasteiger partial charge in [-0.3, -0.25) is 9.63 Å². The third-order valence-corrected chi connectivity index (χ3v) is 5.05. The molecule has 0 aliphatic carbocycles. The first-order valence-electron chi connectivity index (χ1n) is 8.51. The molecular formula is C16H21FN4O3. The van der Waals surface area contributed by atoms with Gasteiger partial charge in [-0.15, -0.1) is 0 Å². The maximum atomic E-state index is 13.1. The Morgan fingerprint density at radius 3 is 2.79 bits per heavy atom. The number of carbonyl (C=O) groups excluding carboxylic acids is 1. The molecule has 7 nitrogen and oxygen atoms in total.